The molecular formula is C14H28N2O. The van der Waals surface area contributed by atoms with E-state index in [0.717, 1.165) is 44.2 Å². The third-order valence-corrected chi connectivity index (χ3v) is 4.52. The maximum atomic E-state index is 12.4. The Balaban J connectivity index is 2.57. The highest BCUT2D eigenvalue weighted by Crippen LogP contribution is 2.29. The molecule has 0 aromatic heterocycles. The molecule has 0 spiro atoms. The number of rotatable bonds is 4. The molecule has 0 aromatic rings. The first-order valence-electron chi connectivity index (χ1n) is 6.94. The molecule has 17 heavy (non-hydrogen) atoms. The number of likely N-dealkylation sites (tertiary alicyclic amines) is 1. The molecule has 3 heteroatoms. The molecule has 1 atom stereocenters. The Labute approximate surface area is 106 Å². The first-order valence-corrected chi connectivity index (χ1v) is 6.94. The van der Waals surface area contributed by atoms with E-state index in [9.17, 15) is 4.79 Å². The molecule has 1 fully saturated rings. The van der Waals surface area contributed by atoms with E-state index in [2.05, 4.69) is 13.8 Å². The van der Waals surface area contributed by atoms with Crippen LogP contribution in [0.5, 0.6) is 0 Å². The molecule has 100 valence electrons. The minimum atomic E-state index is -0.356. The van der Waals surface area contributed by atoms with Gasteiger partial charge in [0.15, 0.2) is 0 Å². The van der Waals surface area contributed by atoms with Crippen LogP contribution >= 0.6 is 0 Å². The predicted octanol–water partition coefficient (Wildman–Crippen LogP) is 2.26. The fraction of sp³-hybridized carbons (Fsp3) is 0.929. The molecule has 3 nitrogen and oxygen atoms in total. The van der Waals surface area contributed by atoms with Gasteiger partial charge in [-0.25, -0.2) is 0 Å². The van der Waals surface area contributed by atoms with Gasteiger partial charge in [-0.1, -0.05) is 20.8 Å². The van der Waals surface area contributed by atoms with Crippen LogP contribution in [0, 0.1) is 17.3 Å². The largest absolute Gasteiger partial charge is 0.342 e. The van der Waals surface area contributed by atoms with Gasteiger partial charge in [0.2, 0.25) is 5.91 Å². The van der Waals surface area contributed by atoms with Gasteiger partial charge in [-0.3, -0.25) is 4.79 Å². The van der Waals surface area contributed by atoms with Crippen molar-refractivity contribution >= 4 is 5.91 Å². The molecule has 1 unspecified atom stereocenters. The Morgan fingerprint density at radius 3 is 2.29 bits per heavy atom. The second kappa shape index (κ2) is 5.85. The van der Waals surface area contributed by atoms with Gasteiger partial charge in [-0.05, 0) is 38.0 Å². The van der Waals surface area contributed by atoms with E-state index in [1.54, 1.807) is 0 Å². The molecule has 0 saturated carbocycles. The first kappa shape index (κ1) is 14.5. The summed E-state index contributed by atoms with van der Waals surface area (Å²) in [5, 5.41) is 0. The molecule has 0 aliphatic carbocycles. The van der Waals surface area contributed by atoms with Gasteiger partial charge in [-0.2, -0.15) is 0 Å². The zero-order chi connectivity index (χ0) is 13.1. The summed E-state index contributed by atoms with van der Waals surface area (Å²) in [5.74, 6) is 1.77. The van der Waals surface area contributed by atoms with Gasteiger partial charge in [0.1, 0.15) is 0 Å². The molecule has 1 amide bonds. The van der Waals surface area contributed by atoms with Crippen LogP contribution in [-0.2, 0) is 4.79 Å². The summed E-state index contributed by atoms with van der Waals surface area (Å²) < 4.78 is 0. The highest BCUT2D eigenvalue weighted by Gasteiger charge is 2.35. The van der Waals surface area contributed by atoms with Crippen LogP contribution in [0.25, 0.3) is 0 Å². The normalized spacial score (nSPS) is 21.6. The summed E-state index contributed by atoms with van der Waals surface area (Å²) in [4.78, 5) is 14.4. The van der Waals surface area contributed by atoms with E-state index in [0.29, 0.717) is 6.54 Å². The lowest BCUT2D eigenvalue weighted by Gasteiger charge is -2.38. The van der Waals surface area contributed by atoms with Crippen molar-refractivity contribution in [3.05, 3.63) is 0 Å². The molecule has 0 bridgehead atoms. The van der Waals surface area contributed by atoms with Gasteiger partial charge in [0.05, 0.1) is 5.41 Å². The number of amides is 1. The smallest absolute Gasteiger partial charge is 0.229 e. The molecule has 1 heterocycles. The van der Waals surface area contributed by atoms with Gasteiger partial charge in [0, 0.05) is 19.6 Å². The predicted molar refractivity (Wildman–Crippen MR) is 71.6 cm³/mol. The Hall–Kier alpha value is -0.570. The van der Waals surface area contributed by atoms with Crippen LogP contribution in [0.2, 0.25) is 0 Å². The lowest BCUT2D eigenvalue weighted by atomic mass is 9.83. The standard InChI is InChI=1S/C14H28N2O/c1-5-14(4,10-15)13(17)16-8-6-12(7-9-16)11(2)3/h11-12H,5-10,15H2,1-4H3. The number of hydrogen-bond acceptors (Lipinski definition) is 2. The quantitative estimate of drug-likeness (QED) is 0.819. The zero-order valence-electron chi connectivity index (χ0n) is 11.8. The highest BCUT2D eigenvalue weighted by atomic mass is 16.2. The zero-order valence-corrected chi connectivity index (χ0v) is 11.8. The lowest BCUT2D eigenvalue weighted by Crippen LogP contribution is -2.49. The molecule has 1 aliphatic rings. The number of nitrogens with two attached hydrogens (primary N) is 1. The van der Waals surface area contributed by atoms with Gasteiger partial charge in [0.25, 0.3) is 0 Å². The monoisotopic (exact) mass is 240 g/mol. The van der Waals surface area contributed by atoms with Crippen molar-refractivity contribution in [2.45, 2.75) is 47.0 Å². The molecule has 2 N–H and O–H groups in total. The Morgan fingerprint density at radius 1 is 1.41 bits per heavy atom. The Bertz CT molecular complexity index is 251. The van der Waals surface area contributed by atoms with E-state index in [-0.39, 0.29) is 11.3 Å². The number of carbonyl (C=O) groups excluding carboxylic acids is 1. The molecule has 1 aliphatic heterocycles. The van der Waals surface area contributed by atoms with E-state index in [4.69, 9.17) is 5.73 Å². The first-order chi connectivity index (χ1) is 7.94. The average molecular weight is 240 g/mol. The third-order valence-electron chi connectivity index (χ3n) is 4.52. The lowest BCUT2D eigenvalue weighted by molar-refractivity contribution is -0.142. The van der Waals surface area contributed by atoms with Crippen LogP contribution in [-0.4, -0.2) is 30.4 Å². The molecule has 0 aromatic carbocycles. The van der Waals surface area contributed by atoms with Crippen LogP contribution < -0.4 is 5.73 Å². The second-order valence-corrected chi connectivity index (χ2v) is 5.99. The highest BCUT2D eigenvalue weighted by molar-refractivity contribution is 5.82. The van der Waals surface area contributed by atoms with Crippen LogP contribution in [0.1, 0.15) is 47.0 Å². The number of hydrogen-bond donors (Lipinski definition) is 1. The van der Waals surface area contributed by atoms with E-state index in [1.165, 1.54) is 0 Å². The van der Waals surface area contributed by atoms with E-state index in [1.807, 2.05) is 18.7 Å². The number of carbonyl (C=O) groups is 1. The van der Waals surface area contributed by atoms with Gasteiger partial charge >= 0.3 is 0 Å². The minimum absolute atomic E-state index is 0.254. The van der Waals surface area contributed by atoms with Gasteiger partial charge < -0.3 is 10.6 Å². The van der Waals surface area contributed by atoms with Crippen molar-refractivity contribution in [3.8, 4) is 0 Å². The molecule has 1 saturated heterocycles. The van der Waals surface area contributed by atoms with Crippen LogP contribution in [0.4, 0.5) is 0 Å². The second-order valence-electron chi connectivity index (χ2n) is 5.99. The van der Waals surface area contributed by atoms with E-state index < -0.39 is 0 Å². The molecule has 1 rings (SSSR count). The van der Waals surface area contributed by atoms with Crippen LogP contribution in [0.3, 0.4) is 0 Å². The van der Waals surface area contributed by atoms with Crippen molar-refractivity contribution in [1.82, 2.24) is 4.90 Å². The summed E-state index contributed by atoms with van der Waals surface area (Å²) in [7, 11) is 0. The maximum Gasteiger partial charge on any atom is 0.229 e. The number of nitrogens with zero attached hydrogens (tertiary/aromatic N) is 1. The van der Waals surface area contributed by atoms with Crippen molar-refractivity contribution in [1.29, 1.82) is 0 Å². The third kappa shape index (κ3) is 3.21. The summed E-state index contributed by atoms with van der Waals surface area (Å²) in [6, 6.07) is 0. The Kier molecular flexibility index (Phi) is 4.99. The maximum absolute atomic E-state index is 12.4. The number of piperidine rings is 1. The SMILES string of the molecule is CCC(C)(CN)C(=O)N1CCC(C(C)C)CC1. The van der Waals surface area contributed by atoms with Crippen molar-refractivity contribution < 1.29 is 4.79 Å². The van der Waals surface area contributed by atoms with Crippen molar-refractivity contribution in [3.63, 3.8) is 0 Å². The van der Waals surface area contributed by atoms with Crippen LogP contribution in [0.15, 0.2) is 0 Å². The van der Waals surface area contributed by atoms with E-state index >= 15 is 0 Å². The fourth-order valence-electron chi connectivity index (χ4n) is 2.53. The average Bonchev–Trinajstić information content (AvgIpc) is 2.37. The summed E-state index contributed by atoms with van der Waals surface area (Å²) in [5.41, 5.74) is 5.40. The topological polar surface area (TPSA) is 46.3 Å². The van der Waals surface area contributed by atoms with Crippen molar-refractivity contribution in [2.75, 3.05) is 19.6 Å². The molecular weight excluding hydrogens is 212 g/mol. The summed E-state index contributed by atoms with van der Waals surface area (Å²) in [6.07, 6.45) is 3.12. The van der Waals surface area contributed by atoms with Gasteiger partial charge in [-0.15, -0.1) is 0 Å². The minimum Gasteiger partial charge on any atom is -0.342 e. The molecule has 0 radical (unpaired) electrons. The summed E-state index contributed by atoms with van der Waals surface area (Å²) in [6.45, 7) is 10.9. The fourth-order valence-corrected chi connectivity index (χ4v) is 2.53. The Morgan fingerprint density at radius 2 is 1.94 bits per heavy atom. The summed E-state index contributed by atoms with van der Waals surface area (Å²) >= 11 is 0. The van der Waals surface area contributed by atoms with Crippen molar-refractivity contribution in [2.24, 2.45) is 23.0 Å².